The number of esters is 1. The number of hydrogen-bond donors (Lipinski definition) is 1. The molecule has 0 bridgehead atoms. The summed E-state index contributed by atoms with van der Waals surface area (Å²) in [5.41, 5.74) is 2.00. The summed E-state index contributed by atoms with van der Waals surface area (Å²) < 4.78 is 7.24. The lowest BCUT2D eigenvalue weighted by Gasteiger charge is -2.20. The van der Waals surface area contributed by atoms with Gasteiger partial charge in [-0.25, -0.2) is 4.79 Å². The standard InChI is InChI=1S/C18H24N2O3S/c1-12-9-15(13(2)20(12)10-14-7-6-8-24-14)17(22)23-11-16(21)19-18(3,4)5/h6-9H,10-11H2,1-5H3,(H,19,21). The van der Waals surface area contributed by atoms with Crippen LogP contribution in [0.25, 0.3) is 0 Å². The van der Waals surface area contributed by atoms with Crippen LogP contribution in [0.2, 0.25) is 0 Å². The van der Waals surface area contributed by atoms with Gasteiger partial charge in [-0.2, -0.15) is 0 Å². The van der Waals surface area contributed by atoms with E-state index in [1.807, 2.05) is 52.1 Å². The van der Waals surface area contributed by atoms with E-state index >= 15 is 0 Å². The molecular weight excluding hydrogens is 324 g/mol. The van der Waals surface area contributed by atoms with Gasteiger partial charge in [0.25, 0.3) is 5.91 Å². The van der Waals surface area contributed by atoms with Crippen LogP contribution in [0.15, 0.2) is 23.6 Å². The van der Waals surface area contributed by atoms with Gasteiger partial charge in [0.1, 0.15) is 0 Å². The lowest BCUT2D eigenvalue weighted by molar-refractivity contribution is -0.125. The van der Waals surface area contributed by atoms with Crippen molar-refractivity contribution in [2.75, 3.05) is 6.61 Å². The van der Waals surface area contributed by atoms with Crippen LogP contribution in [0.3, 0.4) is 0 Å². The van der Waals surface area contributed by atoms with Gasteiger partial charge in [0, 0.05) is 21.8 Å². The van der Waals surface area contributed by atoms with Crippen LogP contribution in [-0.2, 0) is 16.1 Å². The van der Waals surface area contributed by atoms with Crippen molar-refractivity contribution in [3.05, 3.63) is 45.4 Å². The Bertz CT molecular complexity index is 724. The summed E-state index contributed by atoms with van der Waals surface area (Å²) >= 11 is 1.68. The molecule has 0 fully saturated rings. The minimum Gasteiger partial charge on any atom is -0.452 e. The van der Waals surface area contributed by atoms with Crippen molar-refractivity contribution in [3.63, 3.8) is 0 Å². The normalized spacial score (nSPS) is 11.4. The first-order chi connectivity index (χ1) is 11.2. The number of nitrogens with zero attached hydrogens (tertiary/aromatic N) is 1. The van der Waals surface area contributed by atoms with Gasteiger partial charge < -0.3 is 14.6 Å². The van der Waals surface area contributed by atoms with Crippen LogP contribution in [-0.4, -0.2) is 28.6 Å². The fourth-order valence-corrected chi connectivity index (χ4v) is 3.17. The molecule has 0 saturated heterocycles. The Morgan fingerprint density at radius 1 is 1.29 bits per heavy atom. The van der Waals surface area contributed by atoms with Crippen molar-refractivity contribution in [1.29, 1.82) is 0 Å². The summed E-state index contributed by atoms with van der Waals surface area (Å²) in [5.74, 6) is -0.771. The molecule has 0 aliphatic carbocycles. The highest BCUT2D eigenvalue weighted by atomic mass is 32.1. The first-order valence-electron chi connectivity index (χ1n) is 7.84. The molecule has 2 aromatic rings. The monoisotopic (exact) mass is 348 g/mol. The number of ether oxygens (including phenoxy) is 1. The predicted octanol–water partition coefficient (Wildman–Crippen LogP) is 3.29. The number of thiophene rings is 1. The van der Waals surface area contributed by atoms with Gasteiger partial charge in [-0.1, -0.05) is 6.07 Å². The molecule has 2 rings (SSSR count). The van der Waals surface area contributed by atoms with Gasteiger partial charge in [-0.15, -0.1) is 11.3 Å². The van der Waals surface area contributed by atoms with E-state index in [0.717, 1.165) is 17.9 Å². The zero-order chi connectivity index (χ0) is 17.9. The van der Waals surface area contributed by atoms with Crippen LogP contribution >= 0.6 is 11.3 Å². The number of aryl methyl sites for hydroxylation is 1. The van der Waals surface area contributed by atoms with Gasteiger partial charge in [0.05, 0.1) is 12.1 Å². The Balaban J connectivity index is 2.04. The molecule has 2 aromatic heterocycles. The van der Waals surface area contributed by atoms with Crippen LogP contribution in [0.4, 0.5) is 0 Å². The number of carbonyl (C=O) groups excluding carboxylic acids is 2. The Labute approximate surface area is 146 Å². The summed E-state index contributed by atoms with van der Waals surface area (Å²) in [5, 5.41) is 4.80. The smallest absolute Gasteiger partial charge is 0.340 e. The minimum atomic E-state index is -0.468. The Morgan fingerprint density at radius 3 is 2.58 bits per heavy atom. The zero-order valence-corrected chi connectivity index (χ0v) is 15.6. The fourth-order valence-electron chi connectivity index (χ4n) is 2.47. The molecule has 0 unspecified atom stereocenters. The number of nitrogens with one attached hydrogen (secondary N) is 1. The van der Waals surface area contributed by atoms with Crippen molar-refractivity contribution < 1.29 is 14.3 Å². The van der Waals surface area contributed by atoms with E-state index < -0.39 is 5.97 Å². The highest BCUT2D eigenvalue weighted by molar-refractivity contribution is 7.09. The maximum absolute atomic E-state index is 12.3. The molecule has 0 aromatic carbocycles. The summed E-state index contributed by atoms with van der Waals surface area (Å²) in [7, 11) is 0. The molecule has 1 amide bonds. The maximum Gasteiger partial charge on any atom is 0.340 e. The highest BCUT2D eigenvalue weighted by Crippen LogP contribution is 2.20. The lowest BCUT2D eigenvalue weighted by Crippen LogP contribution is -2.42. The molecule has 0 saturated carbocycles. The molecular formula is C18H24N2O3S. The largest absolute Gasteiger partial charge is 0.452 e. The molecule has 0 aliphatic rings. The zero-order valence-electron chi connectivity index (χ0n) is 14.8. The molecule has 0 atom stereocenters. The first-order valence-corrected chi connectivity index (χ1v) is 8.72. The van der Waals surface area contributed by atoms with E-state index in [1.165, 1.54) is 4.88 Å². The van der Waals surface area contributed by atoms with E-state index in [1.54, 1.807) is 11.3 Å². The average molecular weight is 348 g/mol. The topological polar surface area (TPSA) is 60.3 Å². The molecule has 0 spiro atoms. The van der Waals surface area contributed by atoms with Crippen molar-refractivity contribution in [1.82, 2.24) is 9.88 Å². The number of amides is 1. The predicted molar refractivity (Wildman–Crippen MR) is 95.5 cm³/mol. The number of hydrogen-bond acceptors (Lipinski definition) is 4. The Kier molecular flexibility index (Phi) is 5.49. The van der Waals surface area contributed by atoms with Crippen molar-refractivity contribution in [2.45, 2.75) is 46.7 Å². The van der Waals surface area contributed by atoms with E-state index in [2.05, 4.69) is 16.0 Å². The third-order valence-corrected chi connectivity index (χ3v) is 4.40. The average Bonchev–Trinajstić information content (AvgIpc) is 3.06. The summed E-state index contributed by atoms with van der Waals surface area (Å²) in [6.45, 7) is 9.95. The SMILES string of the molecule is Cc1cc(C(=O)OCC(=O)NC(C)(C)C)c(C)n1Cc1cccs1. The lowest BCUT2D eigenvalue weighted by atomic mass is 10.1. The van der Waals surface area contributed by atoms with Crippen molar-refractivity contribution in [2.24, 2.45) is 0 Å². The minimum absolute atomic E-state index is 0.273. The van der Waals surface area contributed by atoms with Gasteiger partial charge in [0.2, 0.25) is 0 Å². The van der Waals surface area contributed by atoms with Gasteiger partial charge in [0.15, 0.2) is 6.61 Å². The number of carbonyl (C=O) groups is 2. The van der Waals surface area contributed by atoms with E-state index in [0.29, 0.717) is 5.56 Å². The van der Waals surface area contributed by atoms with Gasteiger partial charge in [-0.3, -0.25) is 4.79 Å². The fraction of sp³-hybridized carbons (Fsp3) is 0.444. The Morgan fingerprint density at radius 2 is 2.00 bits per heavy atom. The third-order valence-electron chi connectivity index (χ3n) is 3.54. The van der Waals surface area contributed by atoms with E-state index in [9.17, 15) is 9.59 Å². The maximum atomic E-state index is 12.3. The molecule has 0 radical (unpaired) electrons. The second-order valence-electron chi connectivity index (χ2n) is 6.82. The summed E-state index contributed by atoms with van der Waals surface area (Å²) in [6.07, 6.45) is 0. The van der Waals surface area contributed by atoms with Gasteiger partial charge in [-0.05, 0) is 52.1 Å². The van der Waals surface area contributed by atoms with Crippen LogP contribution in [0.1, 0.15) is 47.4 Å². The third kappa shape index (κ3) is 4.71. The molecule has 0 aliphatic heterocycles. The molecule has 6 heteroatoms. The summed E-state index contributed by atoms with van der Waals surface area (Å²) in [6, 6.07) is 5.89. The van der Waals surface area contributed by atoms with Crippen LogP contribution in [0.5, 0.6) is 0 Å². The van der Waals surface area contributed by atoms with Gasteiger partial charge >= 0.3 is 5.97 Å². The van der Waals surface area contributed by atoms with Crippen molar-refractivity contribution >= 4 is 23.2 Å². The van der Waals surface area contributed by atoms with E-state index in [-0.39, 0.29) is 18.1 Å². The first kappa shape index (κ1) is 18.3. The summed E-state index contributed by atoms with van der Waals surface area (Å²) in [4.78, 5) is 25.3. The Hall–Kier alpha value is -2.08. The molecule has 130 valence electrons. The number of rotatable bonds is 5. The molecule has 24 heavy (non-hydrogen) atoms. The molecule has 5 nitrogen and oxygen atoms in total. The molecule has 1 N–H and O–H groups in total. The van der Waals surface area contributed by atoms with Crippen LogP contribution < -0.4 is 5.32 Å². The van der Waals surface area contributed by atoms with Crippen molar-refractivity contribution in [3.8, 4) is 0 Å². The quantitative estimate of drug-likeness (QED) is 0.844. The second-order valence-corrected chi connectivity index (χ2v) is 7.86. The van der Waals surface area contributed by atoms with E-state index in [4.69, 9.17) is 4.74 Å². The number of aromatic nitrogens is 1. The molecule has 2 heterocycles. The highest BCUT2D eigenvalue weighted by Gasteiger charge is 2.20. The van der Waals surface area contributed by atoms with Crippen LogP contribution in [0, 0.1) is 13.8 Å². The second kappa shape index (κ2) is 7.21.